The highest BCUT2D eigenvalue weighted by molar-refractivity contribution is 14.1. The molecular formula is C11H15IN2O2. The van der Waals surface area contributed by atoms with E-state index in [2.05, 4.69) is 28.0 Å². The van der Waals surface area contributed by atoms with Crippen LogP contribution in [0.25, 0.3) is 0 Å². The van der Waals surface area contributed by atoms with Crippen LogP contribution in [0.3, 0.4) is 0 Å². The molecule has 1 aromatic carbocycles. The zero-order valence-electron chi connectivity index (χ0n) is 9.29. The minimum absolute atomic E-state index is 0.238. The van der Waals surface area contributed by atoms with E-state index >= 15 is 0 Å². The summed E-state index contributed by atoms with van der Waals surface area (Å²) < 4.78 is 6.62. The first-order valence-electron chi connectivity index (χ1n) is 4.86. The van der Waals surface area contributed by atoms with Crippen LogP contribution in [0.1, 0.15) is 13.8 Å². The standard InChI is InChI=1S/C11H15IN2O2/c1-11(2,10(15)14-13)7-16-9-6-4-3-5-8(9)12/h3-6H,7,13H2,1-2H3,(H,14,15). The highest BCUT2D eigenvalue weighted by Crippen LogP contribution is 2.23. The molecule has 0 saturated carbocycles. The van der Waals surface area contributed by atoms with Crippen LogP contribution in [-0.2, 0) is 4.79 Å². The number of nitrogens with one attached hydrogen (secondary N) is 1. The first-order chi connectivity index (χ1) is 7.47. The van der Waals surface area contributed by atoms with E-state index in [0.29, 0.717) is 0 Å². The smallest absolute Gasteiger partial charge is 0.242 e. The number of amides is 1. The second kappa shape index (κ2) is 5.49. The molecule has 0 spiro atoms. The Hall–Kier alpha value is -0.820. The molecule has 0 unspecified atom stereocenters. The summed E-state index contributed by atoms with van der Waals surface area (Å²) in [6.45, 7) is 3.85. The molecule has 0 aliphatic rings. The molecule has 88 valence electrons. The highest BCUT2D eigenvalue weighted by atomic mass is 127. The van der Waals surface area contributed by atoms with Crippen molar-refractivity contribution in [1.29, 1.82) is 0 Å². The summed E-state index contributed by atoms with van der Waals surface area (Å²) in [6, 6.07) is 7.66. The molecule has 0 radical (unpaired) electrons. The van der Waals surface area contributed by atoms with Gasteiger partial charge in [0.1, 0.15) is 12.4 Å². The van der Waals surface area contributed by atoms with Crippen molar-refractivity contribution in [3.63, 3.8) is 0 Å². The van der Waals surface area contributed by atoms with Crippen LogP contribution in [0.5, 0.6) is 5.75 Å². The molecule has 0 heterocycles. The van der Waals surface area contributed by atoms with Gasteiger partial charge in [-0.3, -0.25) is 10.2 Å². The quantitative estimate of drug-likeness (QED) is 0.381. The predicted octanol–water partition coefficient (Wildman–Crippen LogP) is 1.69. The van der Waals surface area contributed by atoms with Gasteiger partial charge in [-0.05, 0) is 48.6 Å². The monoisotopic (exact) mass is 334 g/mol. The summed E-state index contributed by atoms with van der Waals surface area (Å²) in [6.07, 6.45) is 0. The number of halogens is 1. The predicted molar refractivity (Wildman–Crippen MR) is 70.8 cm³/mol. The number of rotatable bonds is 4. The number of ether oxygens (including phenoxy) is 1. The average molecular weight is 334 g/mol. The molecule has 1 rings (SSSR count). The van der Waals surface area contributed by atoms with Crippen LogP contribution in [0.4, 0.5) is 0 Å². The van der Waals surface area contributed by atoms with Gasteiger partial charge in [-0.2, -0.15) is 0 Å². The molecule has 0 fully saturated rings. The van der Waals surface area contributed by atoms with Crippen molar-refractivity contribution in [3.8, 4) is 5.75 Å². The van der Waals surface area contributed by atoms with Crippen molar-refractivity contribution < 1.29 is 9.53 Å². The van der Waals surface area contributed by atoms with E-state index in [4.69, 9.17) is 10.6 Å². The molecule has 0 aliphatic heterocycles. The second-order valence-electron chi connectivity index (χ2n) is 4.08. The summed E-state index contributed by atoms with van der Waals surface area (Å²) in [5, 5.41) is 0. The van der Waals surface area contributed by atoms with Crippen LogP contribution in [0, 0.1) is 8.99 Å². The largest absolute Gasteiger partial charge is 0.491 e. The van der Waals surface area contributed by atoms with Gasteiger partial charge < -0.3 is 4.74 Å². The first-order valence-corrected chi connectivity index (χ1v) is 5.93. The number of nitrogens with two attached hydrogens (primary N) is 1. The highest BCUT2D eigenvalue weighted by Gasteiger charge is 2.28. The summed E-state index contributed by atoms with van der Waals surface area (Å²) in [7, 11) is 0. The van der Waals surface area contributed by atoms with Crippen molar-refractivity contribution in [3.05, 3.63) is 27.8 Å². The Morgan fingerprint density at radius 2 is 2.12 bits per heavy atom. The van der Waals surface area contributed by atoms with Crippen LogP contribution in [-0.4, -0.2) is 12.5 Å². The number of hydrogen-bond acceptors (Lipinski definition) is 3. The Bertz CT molecular complexity index is 380. The Balaban J connectivity index is 2.65. The van der Waals surface area contributed by atoms with E-state index in [-0.39, 0.29) is 12.5 Å². The van der Waals surface area contributed by atoms with Crippen LogP contribution in [0.2, 0.25) is 0 Å². The van der Waals surface area contributed by atoms with Gasteiger partial charge >= 0.3 is 0 Å². The molecule has 5 heteroatoms. The molecule has 16 heavy (non-hydrogen) atoms. The van der Waals surface area contributed by atoms with E-state index in [1.54, 1.807) is 13.8 Å². The van der Waals surface area contributed by atoms with Crippen molar-refractivity contribution in [2.75, 3.05) is 6.61 Å². The first kappa shape index (κ1) is 13.2. The SMILES string of the molecule is CC(C)(COc1ccccc1I)C(=O)NN. The second-order valence-corrected chi connectivity index (χ2v) is 5.24. The molecular weight excluding hydrogens is 319 g/mol. The minimum Gasteiger partial charge on any atom is -0.491 e. The molecule has 0 atom stereocenters. The molecule has 1 amide bonds. The Kier molecular flexibility index (Phi) is 4.55. The van der Waals surface area contributed by atoms with E-state index in [0.717, 1.165) is 9.32 Å². The van der Waals surface area contributed by atoms with E-state index in [9.17, 15) is 4.79 Å². The lowest BCUT2D eigenvalue weighted by Gasteiger charge is -2.22. The minimum atomic E-state index is -0.645. The molecule has 4 nitrogen and oxygen atoms in total. The summed E-state index contributed by atoms with van der Waals surface area (Å²) in [5.41, 5.74) is 1.49. The Morgan fingerprint density at radius 1 is 1.50 bits per heavy atom. The molecule has 0 aromatic heterocycles. The van der Waals surface area contributed by atoms with E-state index in [1.165, 1.54) is 0 Å². The number of hydrazine groups is 1. The van der Waals surface area contributed by atoms with Gasteiger partial charge in [0.25, 0.3) is 0 Å². The normalized spacial score (nSPS) is 11.0. The van der Waals surface area contributed by atoms with Crippen LogP contribution < -0.4 is 16.0 Å². The number of para-hydroxylation sites is 1. The van der Waals surface area contributed by atoms with Gasteiger partial charge in [0.15, 0.2) is 0 Å². The van der Waals surface area contributed by atoms with Gasteiger partial charge in [-0.1, -0.05) is 12.1 Å². The lowest BCUT2D eigenvalue weighted by molar-refractivity contribution is -0.130. The number of carbonyl (C=O) groups excluding carboxylic acids is 1. The average Bonchev–Trinajstić information content (AvgIpc) is 2.27. The van der Waals surface area contributed by atoms with Crippen LogP contribution in [0.15, 0.2) is 24.3 Å². The number of hydrogen-bond donors (Lipinski definition) is 2. The maximum atomic E-state index is 11.4. The van der Waals surface area contributed by atoms with Gasteiger partial charge in [-0.25, -0.2) is 5.84 Å². The topological polar surface area (TPSA) is 64.3 Å². The van der Waals surface area contributed by atoms with Crippen molar-refractivity contribution >= 4 is 28.5 Å². The van der Waals surface area contributed by atoms with Gasteiger partial charge in [-0.15, -0.1) is 0 Å². The number of carbonyl (C=O) groups is 1. The number of benzene rings is 1. The van der Waals surface area contributed by atoms with Gasteiger partial charge in [0.05, 0.1) is 8.99 Å². The van der Waals surface area contributed by atoms with E-state index in [1.807, 2.05) is 24.3 Å². The van der Waals surface area contributed by atoms with E-state index < -0.39 is 5.41 Å². The fourth-order valence-electron chi connectivity index (χ4n) is 1.08. The van der Waals surface area contributed by atoms with Crippen molar-refractivity contribution in [2.45, 2.75) is 13.8 Å². The Labute approximate surface area is 109 Å². The lowest BCUT2D eigenvalue weighted by atomic mass is 9.94. The molecule has 3 N–H and O–H groups in total. The third kappa shape index (κ3) is 3.34. The molecule has 0 saturated heterocycles. The molecule has 0 aliphatic carbocycles. The fraction of sp³-hybridized carbons (Fsp3) is 0.364. The maximum absolute atomic E-state index is 11.4. The third-order valence-electron chi connectivity index (χ3n) is 2.17. The third-order valence-corrected chi connectivity index (χ3v) is 3.06. The summed E-state index contributed by atoms with van der Waals surface area (Å²) in [5.74, 6) is 5.64. The van der Waals surface area contributed by atoms with Gasteiger partial charge in [0, 0.05) is 0 Å². The molecule has 1 aromatic rings. The fourth-order valence-corrected chi connectivity index (χ4v) is 1.62. The molecule has 0 bridgehead atoms. The zero-order valence-corrected chi connectivity index (χ0v) is 11.4. The Morgan fingerprint density at radius 3 is 2.69 bits per heavy atom. The lowest BCUT2D eigenvalue weighted by Crippen LogP contribution is -2.44. The van der Waals surface area contributed by atoms with Crippen LogP contribution >= 0.6 is 22.6 Å². The van der Waals surface area contributed by atoms with Crippen molar-refractivity contribution in [2.24, 2.45) is 11.3 Å². The van der Waals surface area contributed by atoms with Crippen molar-refractivity contribution in [1.82, 2.24) is 5.43 Å². The van der Waals surface area contributed by atoms with Gasteiger partial charge in [0.2, 0.25) is 5.91 Å². The summed E-state index contributed by atoms with van der Waals surface area (Å²) >= 11 is 2.19. The maximum Gasteiger partial charge on any atom is 0.242 e. The zero-order chi connectivity index (χ0) is 12.2. The summed E-state index contributed by atoms with van der Waals surface area (Å²) in [4.78, 5) is 11.4.